The molecule has 1 unspecified atom stereocenters. The first-order valence-corrected chi connectivity index (χ1v) is 12.2. The fourth-order valence-corrected chi connectivity index (χ4v) is 5.68. The Kier molecular flexibility index (Phi) is 6.03. The summed E-state index contributed by atoms with van der Waals surface area (Å²) in [6.07, 6.45) is 1.96. The van der Waals surface area contributed by atoms with Crippen LogP contribution in [0.15, 0.2) is 46.3 Å². The molecule has 1 aliphatic rings. The van der Waals surface area contributed by atoms with Crippen LogP contribution in [0.2, 0.25) is 4.34 Å². The van der Waals surface area contributed by atoms with E-state index in [0.29, 0.717) is 34.7 Å². The quantitative estimate of drug-likeness (QED) is 0.362. The summed E-state index contributed by atoms with van der Waals surface area (Å²) in [6, 6.07) is 9.88. The van der Waals surface area contributed by atoms with Gasteiger partial charge in [-0.15, -0.1) is 22.7 Å². The van der Waals surface area contributed by atoms with E-state index in [1.807, 2.05) is 22.4 Å². The predicted molar refractivity (Wildman–Crippen MR) is 122 cm³/mol. The summed E-state index contributed by atoms with van der Waals surface area (Å²) in [5, 5.41) is 6.79. The molecule has 1 saturated heterocycles. The van der Waals surface area contributed by atoms with Crippen molar-refractivity contribution in [3.05, 3.63) is 63.5 Å². The predicted octanol–water partition coefficient (Wildman–Crippen LogP) is 5.66. The Labute approximate surface area is 196 Å². The van der Waals surface area contributed by atoms with Gasteiger partial charge >= 0.3 is 0 Å². The number of amides is 1. The highest BCUT2D eigenvalue weighted by Crippen LogP contribution is 2.33. The molecule has 4 heterocycles. The minimum atomic E-state index is -0.351. The summed E-state index contributed by atoms with van der Waals surface area (Å²) >= 11 is 9.00. The zero-order chi connectivity index (χ0) is 22.1. The highest BCUT2D eigenvalue weighted by Gasteiger charge is 2.29. The van der Waals surface area contributed by atoms with Gasteiger partial charge in [0.2, 0.25) is 17.6 Å². The number of thiazole rings is 1. The third kappa shape index (κ3) is 4.60. The number of carbonyl (C=O) groups excluding carboxylic acids is 1. The first-order chi connectivity index (χ1) is 15.5. The molecule has 32 heavy (non-hydrogen) atoms. The highest BCUT2D eigenvalue weighted by atomic mass is 35.5. The van der Waals surface area contributed by atoms with E-state index in [1.165, 1.54) is 34.8 Å². The van der Waals surface area contributed by atoms with Crippen LogP contribution in [-0.4, -0.2) is 39.0 Å². The lowest BCUT2D eigenvalue weighted by molar-refractivity contribution is -0.131. The normalized spacial score (nSPS) is 16.4. The Morgan fingerprint density at radius 2 is 2.19 bits per heavy atom. The summed E-state index contributed by atoms with van der Waals surface area (Å²) in [7, 11) is 0. The second-order valence-corrected chi connectivity index (χ2v) is 10.1. The van der Waals surface area contributed by atoms with Gasteiger partial charge in [0.1, 0.15) is 10.8 Å². The molecule has 6 nitrogen and oxygen atoms in total. The van der Waals surface area contributed by atoms with Crippen LogP contribution in [0.3, 0.4) is 0 Å². The van der Waals surface area contributed by atoms with Gasteiger partial charge in [-0.25, -0.2) is 9.37 Å². The van der Waals surface area contributed by atoms with Crippen molar-refractivity contribution >= 4 is 40.2 Å². The molecule has 0 spiro atoms. The molecule has 1 amide bonds. The van der Waals surface area contributed by atoms with Crippen LogP contribution >= 0.6 is 34.3 Å². The van der Waals surface area contributed by atoms with Crippen LogP contribution in [0.1, 0.15) is 30.3 Å². The lowest BCUT2D eigenvalue weighted by atomic mass is 9.97. The molecular weight excluding hydrogens is 471 g/mol. The molecule has 0 saturated carbocycles. The average molecular weight is 489 g/mol. The smallest absolute Gasteiger partial charge is 0.231 e. The van der Waals surface area contributed by atoms with E-state index in [9.17, 15) is 9.18 Å². The van der Waals surface area contributed by atoms with Gasteiger partial charge < -0.3 is 9.42 Å². The van der Waals surface area contributed by atoms with Crippen molar-refractivity contribution in [3.63, 3.8) is 0 Å². The van der Waals surface area contributed by atoms with E-state index >= 15 is 0 Å². The lowest BCUT2D eigenvalue weighted by Gasteiger charge is -2.30. The molecule has 3 aromatic heterocycles. The fraction of sp³-hybridized carbons (Fsp3) is 0.273. The molecule has 164 valence electrons. The molecule has 4 aromatic rings. The zero-order valence-electron chi connectivity index (χ0n) is 16.8. The van der Waals surface area contributed by atoms with E-state index in [2.05, 4.69) is 15.1 Å². The Bertz CT molecular complexity index is 1250. The Morgan fingerprint density at radius 3 is 3.00 bits per heavy atom. The summed E-state index contributed by atoms with van der Waals surface area (Å²) in [6.45, 7) is 1.21. The Hall–Kier alpha value is -2.62. The third-order valence-corrected chi connectivity index (χ3v) is 7.61. The van der Waals surface area contributed by atoms with Crippen molar-refractivity contribution in [3.8, 4) is 21.3 Å². The van der Waals surface area contributed by atoms with Gasteiger partial charge in [-0.1, -0.05) is 28.9 Å². The molecule has 1 aliphatic heterocycles. The number of carbonyl (C=O) groups is 1. The maximum atomic E-state index is 13.5. The second-order valence-electron chi connectivity index (χ2n) is 7.57. The van der Waals surface area contributed by atoms with Crippen molar-refractivity contribution in [2.45, 2.75) is 25.2 Å². The van der Waals surface area contributed by atoms with Crippen LogP contribution < -0.4 is 0 Å². The number of thiophene rings is 1. The summed E-state index contributed by atoms with van der Waals surface area (Å²) in [5.41, 5.74) is 1.32. The number of hydrogen-bond donors (Lipinski definition) is 0. The minimum absolute atomic E-state index is 0.0284. The Balaban J connectivity index is 1.24. The van der Waals surface area contributed by atoms with Gasteiger partial charge in [-0.05, 0) is 37.1 Å². The number of nitrogens with zero attached hydrogens (tertiary/aromatic N) is 4. The topological polar surface area (TPSA) is 72.1 Å². The van der Waals surface area contributed by atoms with Crippen LogP contribution in [0, 0.1) is 5.82 Å². The molecule has 1 fully saturated rings. The minimum Gasteiger partial charge on any atom is -0.342 e. The van der Waals surface area contributed by atoms with Gasteiger partial charge in [-0.3, -0.25) is 4.79 Å². The van der Waals surface area contributed by atoms with Crippen LogP contribution in [0.4, 0.5) is 4.39 Å². The van der Waals surface area contributed by atoms with Gasteiger partial charge in [0.25, 0.3) is 0 Å². The van der Waals surface area contributed by atoms with E-state index in [0.717, 1.165) is 28.4 Å². The summed E-state index contributed by atoms with van der Waals surface area (Å²) in [5.74, 6) is 0.469. The van der Waals surface area contributed by atoms with Crippen molar-refractivity contribution in [2.75, 3.05) is 13.1 Å². The van der Waals surface area contributed by atoms with E-state index in [4.69, 9.17) is 16.1 Å². The molecule has 5 rings (SSSR count). The molecule has 0 aliphatic carbocycles. The number of rotatable bonds is 5. The number of benzene rings is 1. The van der Waals surface area contributed by atoms with Gasteiger partial charge in [0.15, 0.2) is 0 Å². The molecule has 1 atom stereocenters. The lowest BCUT2D eigenvalue weighted by Crippen LogP contribution is -2.40. The van der Waals surface area contributed by atoms with Gasteiger partial charge in [0, 0.05) is 24.0 Å². The van der Waals surface area contributed by atoms with Crippen molar-refractivity contribution in [1.82, 2.24) is 20.0 Å². The highest BCUT2D eigenvalue weighted by molar-refractivity contribution is 7.23. The monoisotopic (exact) mass is 488 g/mol. The SMILES string of the molecule is O=C(Cc1csc(-c2ccc(Cl)s2)n1)N1CCCC(c2nc(-c3cccc(F)c3)no2)C1. The van der Waals surface area contributed by atoms with Crippen molar-refractivity contribution in [2.24, 2.45) is 0 Å². The van der Waals surface area contributed by atoms with Crippen LogP contribution in [0.25, 0.3) is 21.3 Å². The van der Waals surface area contributed by atoms with E-state index in [-0.39, 0.29) is 24.1 Å². The average Bonchev–Trinajstić information content (AvgIpc) is 3.55. The van der Waals surface area contributed by atoms with Crippen LogP contribution in [-0.2, 0) is 11.2 Å². The first kappa shape index (κ1) is 21.2. The molecule has 10 heteroatoms. The second kappa shape index (κ2) is 9.09. The van der Waals surface area contributed by atoms with E-state index in [1.54, 1.807) is 12.1 Å². The summed E-state index contributed by atoms with van der Waals surface area (Å²) in [4.78, 5) is 24.8. The van der Waals surface area contributed by atoms with Crippen molar-refractivity contribution in [1.29, 1.82) is 0 Å². The van der Waals surface area contributed by atoms with Gasteiger partial charge in [0.05, 0.1) is 27.2 Å². The molecule has 0 bridgehead atoms. The van der Waals surface area contributed by atoms with E-state index < -0.39 is 0 Å². The molecule has 0 N–H and O–H groups in total. The number of halogens is 2. The maximum absolute atomic E-state index is 13.5. The zero-order valence-corrected chi connectivity index (χ0v) is 19.2. The van der Waals surface area contributed by atoms with Crippen LogP contribution in [0.5, 0.6) is 0 Å². The maximum Gasteiger partial charge on any atom is 0.231 e. The number of likely N-dealkylation sites (tertiary alicyclic amines) is 1. The van der Waals surface area contributed by atoms with Crippen molar-refractivity contribution < 1.29 is 13.7 Å². The standard InChI is InChI=1S/C22H18ClFN4O2S2/c23-18-7-6-17(32-18)22-25-16(12-31-22)10-19(29)28-8-2-4-14(11-28)21-26-20(27-30-21)13-3-1-5-15(24)9-13/h1,3,5-7,9,12,14H,2,4,8,10-11H2. The molecule has 1 aromatic carbocycles. The molecule has 0 radical (unpaired) electrons. The Morgan fingerprint density at radius 1 is 1.28 bits per heavy atom. The fourth-order valence-electron chi connectivity index (χ4n) is 3.75. The first-order valence-electron chi connectivity index (χ1n) is 10.1. The number of piperidine rings is 1. The third-order valence-electron chi connectivity index (χ3n) is 5.32. The number of aromatic nitrogens is 3. The van der Waals surface area contributed by atoms with Gasteiger partial charge in [-0.2, -0.15) is 4.98 Å². The molecular formula is C22H18ClFN4O2S2. The number of hydrogen-bond acceptors (Lipinski definition) is 7. The summed E-state index contributed by atoms with van der Waals surface area (Å²) < 4.78 is 19.7. The largest absolute Gasteiger partial charge is 0.342 e.